The van der Waals surface area contributed by atoms with Gasteiger partial charge in [-0.25, -0.2) is 0 Å². The second kappa shape index (κ2) is 9.91. The maximum Gasteiger partial charge on any atom is 0.282 e. The molecule has 0 bridgehead atoms. The molecule has 3 aromatic rings. The number of hydrogen-bond donors (Lipinski definition) is 1. The van der Waals surface area contributed by atoms with E-state index in [2.05, 4.69) is 5.32 Å². The van der Waals surface area contributed by atoms with Crippen molar-refractivity contribution in [3.63, 3.8) is 0 Å². The maximum atomic E-state index is 13.1. The van der Waals surface area contributed by atoms with Gasteiger partial charge in [-0.3, -0.25) is 9.69 Å². The van der Waals surface area contributed by atoms with Crippen LogP contribution < -0.4 is 10.1 Å². The van der Waals surface area contributed by atoms with Gasteiger partial charge in [0.2, 0.25) is 5.91 Å². The fourth-order valence-corrected chi connectivity index (χ4v) is 6.06. The first-order valence-corrected chi connectivity index (χ1v) is 13.0. The minimum absolute atomic E-state index is 0.186. The molecule has 1 aliphatic rings. The molecule has 1 aromatic heterocycles. The molecule has 2 heterocycles. The van der Waals surface area contributed by atoms with Crippen molar-refractivity contribution < 1.29 is 22.4 Å². The van der Waals surface area contributed by atoms with E-state index in [0.29, 0.717) is 56.3 Å². The smallest absolute Gasteiger partial charge is 0.282 e. The number of anilines is 1. The van der Waals surface area contributed by atoms with Gasteiger partial charge in [-0.1, -0.05) is 32.0 Å². The lowest BCUT2D eigenvalue weighted by molar-refractivity contribution is -0.121. The first kappa shape index (κ1) is 24.5. The quantitative estimate of drug-likeness (QED) is 0.524. The number of fused-ring (bicyclic) bond motifs is 3. The van der Waals surface area contributed by atoms with Crippen molar-refractivity contribution in [2.45, 2.75) is 26.8 Å². The molecule has 0 unspecified atom stereocenters. The van der Waals surface area contributed by atoms with Crippen LogP contribution in [0.25, 0.3) is 21.9 Å². The van der Waals surface area contributed by atoms with Crippen molar-refractivity contribution in [3.8, 4) is 5.75 Å². The highest BCUT2D eigenvalue weighted by Crippen LogP contribution is 2.36. The molecular weight excluding hydrogens is 456 g/mol. The number of nitrogens with zero attached hydrogens (tertiary/aromatic N) is 3. The van der Waals surface area contributed by atoms with Gasteiger partial charge < -0.3 is 14.5 Å². The van der Waals surface area contributed by atoms with Crippen molar-refractivity contribution in [1.29, 1.82) is 0 Å². The molecule has 0 radical (unpaired) electrons. The number of carbonyl (C=O) groups excluding carboxylic acids is 1. The SMILES string of the molecule is CCN(CC)S(=O)(=O)N1CCN([C@H](C)C(=O)Nc2cc3oc4ccccc4c3cc2OC)CC1. The Balaban J connectivity index is 1.46. The van der Waals surface area contributed by atoms with Gasteiger partial charge in [0.25, 0.3) is 10.2 Å². The summed E-state index contributed by atoms with van der Waals surface area (Å²) in [6.07, 6.45) is 0. The first-order chi connectivity index (χ1) is 16.3. The lowest BCUT2D eigenvalue weighted by Crippen LogP contribution is -2.56. The molecule has 1 fully saturated rings. The molecule has 1 saturated heterocycles. The largest absolute Gasteiger partial charge is 0.495 e. The van der Waals surface area contributed by atoms with Crippen LogP contribution >= 0.6 is 0 Å². The van der Waals surface area contributed by atoms with Crippen molar-refractivity contribution in [2.24, 2.45) is 0 Å². The Morgan fingerprint density at radius 2 is 1.76 bits per heavy atom. The van der Waals surface area contributed by atoms with Gasteiger partial charge in [0.05, 0.1) is 18.8 Å². The summed E-state index contributed by atoms with van der Waals surface area (Å²) in [4.78, 5) is 15.1. The Labute approximate surface area is 200 Å². The van der Waals surface area contributed by atoms with Crippen molar-refractivity contribution in [2.75, 3.05) is 51.7 Å². The molecule has 4 rings (SSSR count). The Morgan fingerprint density at radius 1 is 1.09 bits per heavy atom. The number of benzene rings is 2. The summed E-state index contributed by atoms with van der Waals surface area (Å²) in [6.45, 7) is 8.04. The molecule has 2 aromatic carbocycles. The summed E-state index contributed by atoms with van der Waals surface area (Å²) >= 11 is 0. The highest BCUT2D eigenvalue weighted by molar-refractivity contribution is 7.86. The third-order valence-electron chi connectivity index (χ3n) is 6.52. The molecule has 0 spiro atoms. The molecule has 1 amide bonds. The minimum atomic E-state index is -3.47. The van der Waals surface area contributed by atoms with Gasteiger partial charge in [0.1, 0.15) is 16.9 Å². The van der Waals surface area contributed by atoms with Crippen LogP contribution in [0.15, 0.2) is 40.8 Å². The van der Waals surface area contributed by atoms with Gasteiger partial charge in [-0.05, 0) is 19.1 Å². The number of nitrogens with one attached hydrogen (secondary N) is 1. The average molecular weight is 489 g/mol. The molecule has 1 N–H and O–H groups in total. The summed E-state index contributed by atoms with van der Waals surface area (Å²) in [5.41, 5.74) is 1.97. The minimum Gasteiger partial charge on any atom is -0.495 e. The van der Waals surface area contributed by atoms with Gasteiger partial charge in [0.15, 0.2) is 0 Å². The summed E-state index contributed by atoms with van der Waals surface area (Å²) in [5.74, 6) is 0.364. The molecule has 0 aliphatic carbocycles. The zero-order valence-electron chi connectivity index (χ0n) is 20.1. The van der Waals surface area contributed by atoms with Gasteiger partial charge >= 0.3 is 0 Å². The van der Waals surface area contributed by atoms with Crippen molar-refractivity contribution in [1.82, 2.24) is 13.5 Å². The van der Waals surface area contributed by atoms with E-state index in [1.54, 1.807) is 13.2 Å². The fourth-order valence-electron chi connectivity index (χ4n) is 4.46. The Kier molecular flexibility index (Phi) is 7.13. The van der Waals surface area contributed by atoms with Crippen LogP contribution in [0, 0.1) is 0 Å². The number of amides is 1. The first-order valence-electron chi connectivity index (χ1n) is 11.6. The van der Waals surface area contributed by atoms with Crippen molar-refractivity contribution in [3.05, 3.63) is 36.4 Å². The summed E-state index contributed by atoms with van der Waals surface area (Å²) in [7, 11) is -1.90. The Bertz CT molecular complexity index is 1280. The molecule has 34 heavy (non-hydrogen) atoms. The number of methoxy groups -OCH3 is 1. The van der Waals surface area contributed by atoms with Crippen LogP contribution in [0.1, 0.15) is 20.8 Å². The van der Waals surface area contributed by atoms with Crippen LogP contribution in [0.3, 0.4) is 0 Å². The van der Waals surface area contributed by atoms with E-state index in [9.17, 15) is 13.2 Å². The summed E-state index contributed by atoms with van der Waals surface area (Å²) < 4.78 is 40.0. The second-order valence-electron chi connectivity index (χ2n) is 8.34. The predicted molar refractivity (Wildman–Crippen MR) is 133 cm³/mol. The van der Waals surface area contributed by atoms with Crippen LogP contribution in [0.4, 0.5) is 5.69 Å². The van der Waals surface area contributed by atoms with E-state index >= 15 is 0 Å². The Morgan fingerprint density at radius 3 is 2.41 bits per heavy atom. The highest BCUT2D eigenvalue weighted by atomic mass is 32.2. The van der Waals surface area contributed by atoms with E-state index in [1.165, 1.54) is 8.61 Å². The van der Waals surface area contributed by atoms with Crippen LogP contribution in [0.2, 0.25) is 0 Å². The predicted octanol–water partition coefficient (Wildman–Crippen LogP) is 3.13. The molecule has 1 aliphatic heterocycles. The molecule has 184 valence electrons. The molecule has 1 atom stereocenters. The highest BCUT2D eigenvalue weighted by Gasteiger charge is 2.33. The van der Waals surface area contributed by atoms with Crippen LogP contribution in [0.5, 0.6) is 5.75 Å². The third kappa shape index (κ3) is 4.50. The normalized spacial score (nSPS) is 16.9. The zero-order chi connectivity index (χ0) is 24.5. The fraction of sp³-hybridized carbons (Fsp3) is 0.458. The number of ether oxygens (including phenoxy) is 1. The number of rotatable bonds is 8. The van der Waals surface area contributed by atoms with Gasteiger partial charge in [-0.2, -0.15) is 17.0 Å². The number of hydrogen-bond acceptors (Lipinski definition) is 6. The number of para-hydroxylation sites is 1. The monoisotopic (exact) mass is 488 g/mol. The average Bonchev–Trinajstić information content (AvgIpc) is 3.21. The second-order valence-corrected chi connectivity index (χ2v) is 10.3. The van der Waals surface area contributed by atoms with E-state index < -0.39 is 16.3 Å². The van der Waals surface area contributed by atoms with E-state index in [0.717, 1.165) is 16.4 Å². The molecule has 9 nitrogen and oxygen atoms in total. The summed E-state index contributed by atoms with van der Waals surface area (Å²) in [6, 6.07) is 11.0. The van der Waals surface area contributed by atoms with E-state index in [-0.39, 0.29) is 5.91 Å². The lowest BCUT2D eigenvalue weighted by atomic mass is 10.1. The number of piperazine rings is 1. The third-order valence-corrected chi connectivity index (χ3v) is 8.70. The van der Waals surface area contributed by atoms with Crippen LogP contribution in [-0.4, -0.2) is 80.3 Å². The van der Waals surface area contributed by atoms with Gasteiger partial charge in [0, 0.05) is 56.1 Å². The van der Waals surface area contributed by atoms with Crippen molar-refractivity contribution >= 4 is 43.7 Å². The Hall–Kier alpha value is -2.66. The van der Waals surface area contributed by atoms with E-state index in [4.69, 9.17) is 9.15 Å². The number of carbonyl (C=O) groups is 1. The zero-order valence-corrected chi connectivity index (χ0v) is 20.9. The standard InChI is InChI=1S/C24H32N4O5S/c1-5-27(6-2)34(30,31)28-13-11-26(12-14-28)17(3)24(29)25-20-16-22-19(15-23(20)32-4)18-9-7-8-10-21(18)33-22/h7-10,15-17H,5-6,11-14H2,1-4H3,(H,25,29)/t17-/m1/s1. The molecular formula is C24H32N4O5S. The van der Waals surface area contributed by atoms with Crippen LogP contribution in [-0.2, 0) is 15.0 Å². The number of furan rings is 1. The van der Waals surface area contributed by atoms with E-state index in [1.807, 2.05) is 56.0 Å². The summed E-state index contributed by atoms with van der Waals surface area (Å²) in [5, 5.41) is 4.87. The molecule has 10 heteroatoms. The topological polar surface area (TPSA) is 95.3 Å². The maximum absolute atomic E-state index is 13.1. The molecule has 0 saturated carbocycles. The lowest BCUT2D eigenvalue weighted by Gasteiger charge is -2.38. The van der Waals surface area contributed by atoms with Gasteiger partial charge in [-0.15, -0.1) is 0 Å².